The van der Waals surface area contributed by atoms with Crippen LogP contribution in [0.5, 0.6) is 0 Å². The van der Waals surface area contributed by atoms with Gasteiger partial charge in [-0.2, -0.15) is 0 Å². The first-order valence-electron chi connectivity index (χ1n) is 8.93. The number of hydrogen-bond acceptors (Lipinski definition) is 2. The van der Waals surface area contributed by atoms with Crippen LogP contribution in [-0.4, -0.2) is 33.5 Å². The number of nitrogens with one attached hydrogen (secondary N) is 1. The van der Waals surface area contributed by atoms with Crippen molar-refractivity contribution in [3.05, 3.63) is 35.8 Å². The van der Waals surface area contributed by atoms with Crippen molar-refractivity contribution in [1.29, 1.82) is 0 Å². The topological polar surface area (TPSA) is 56.3 Å². The van der Waals surface area contributed by atoms with Crippen LogP contribution in [0.1, 0.15) is 51.6 Å². The Kier molecular flexibility index (Phi) is 3.52. The summed E-state index contributed by atoms with van der Waals surface area (Å²) in [6.07, 6.45) is 4.93. The van der Waals surface area contributed by atoms with E-state index in [9.17, 15) is 14.3 Å². The average Bonchev–Trinajstić information content (AvgIpc) is 2.97. The first kappa shape index (κ1) is 16.6. The van der Waals surface area contributed by atoms with Gasteiger partial charge in [0.05, 0.1) is 0 Å². The fourth-order valence-electron chi connectivity index (χ4n) is 5.61. The summed E-state index contributed by atoms with van der Waals surface area (Å²) < 4.78 is 13.5. The molecule has 1 aromatic carbocycles. The molecule has 1 aliphatic heterocycles. The van der Waals surface area contributed by atoms with E-state index in [0.717, 1.165) is 36.8 Å². The molecule has 0 radical (unpaired) electrons. The number of aromatic nitrogens is 1. The summed E-state index contributed by atoms with van der Waals surface area (Å²) in [4.78, 5) is 17.4. The Balaban J connectivity index is 1.76. The minimum atomic E-state index is -0.834. The molecule has 1 saturated heterocycles. The summed E-state index contributed by atoms with van der Waals surface area (Å²) in [6.45, 7) is 7.65. The van der Waals surface area contributed by atoms with E-state index in [0.29, 0.717) is 5.52 Å². The van der Waals surface area contributed by atoms with Crippen molar-refractivity contribution in [3.63, 3.8) is 0 Å². The Morgan fingerprint density at radius 2 is 2.12 bits per heavy atom. The van der Waals surface area contributed by atoms with E-state index in [1.165, 1.54) is 12.1 Å². The molecule has 2 bridgehead atoms. The van der Waals surface area contributed by atoms with Gasteiger partial charge in [0.25, 0.3) is 0 Å². The number of likely N-dealkylation sites (tertiary alicyclic amines) is 1. The number of halogens is 1. The smallest absolute Gasteiger partial charge is 0.325 e. The normalized spacial score (nSPS) is 29.8. The molecule has 1 saturated carbocycles. The highest BCUT2D eigenvalue weighted by Crippen LogP contribution is 2.54. The second-order valence-corrected chi connectivity index (χ2v) is 9.06. The van der Waals surface area contributed by atoms with E-state index in [2.05, 4.69) is 30.7 Å². The van der Waals surface area contributed by atoms with Gasteiger partial charge >= 0.3 is 5.97 Å². The summed E-state index contributed by atoms with van der Waals surface area (Å²) in [5.41, 5.74) is 1.78. The Morgan fingerprint density at radius 1 is 1.36 bits per heavy atom. The molecule has 25 heavy (non-hydrogen) atoms. The van der Waals surface area contributed by atoms with Crippen molar-refractivity contribution in [3.8, 4) is 0 Å². The molecule has 4 rings (SSSR count). The number of fused-ring (bicyclic) bond motifs is 3. The van der Waals surface area contributed by atoms with Crippen LogP contribution in [0.4, 0.5) is 4.39 Å². The van der Waals surface area contributed by atoms with E-state index in [4.69, 9.17) is 0 Å². The molecule has 0 unspecified atom stereocenters. The van der Waals surface area contributed by atoms with E-state index in [-0.39, 0.29) is 22.7 Å². The first-order chi connectivity index (χ1) is 11.7. The Bertz CT molecular complexity index is 843. The number of aromatic amines is 1. The van der Waals surface area contributed by atoms with E-state index >= 15 is 0 Å². The van der Waals surface area contributed by atoms with Crippen molar-refractivity contribution < 1.29 is 14.3 Å². The predicted octanol–water partition coefficient (Wildman–Crippen LogP) is 4.33. The third-order valence-electron chi connectivity index (χ3n) is 5.99. The van der Waals surface area contributed by atoms with Crippen molar-refractivity contribution in [2.24, 2.45) is 10.8 Å². The molecule has 1 aliphatic carbocycles. The molecule has 2 heterocycles. The number of benzene rings is 1. The Morgan fingerprint density at radius 3 is 2.84 bits per heavy atom. The Hall–Kier alpha value is -1.88. The molecule has 134 valence electrons. The van der Waals surface area contributed by atoms with Gasteiger partial charge in [0.1, 0.15) is 11.9 Å². The average molecular weight is 344 g/mol. The van der Waals surface area contributed by atoms with E-state index in [1.54, 1.807) is 12.3 Å². The van der Waals surface area contributed by atoms with E-state index < -0.39 is 12.0 Å². The van der Waals surface area contributed by atoms with Crippen LogP contribution in [0.15, 0.2) is 24.4 Å². The molecule has 0 amide bonds. The number of carboxylic acids is 1. The fraction of sp³-hybridized carbons (Fsp3) is 0.550. The largest absolute Gasteiger partial charge is 0.480 e. The van der Waals surface area contributed by atoms with Crippen LogP contribution in [0.25, 0.3) is 10.9 Å². The van der Waals surface area contributed by atoms with Crippen LogP contribution in [-0.2, 0) is 4.79 Å². The summed E-state index contributed by atoms with van der Waals surface area (Å²) in [6, 6.07) is 4.08. The number of aliphatic carboxylic acids is 1. The number of carbonyl (C=O) groups is 1. The van der Waals surface area contributed by atoms with Crippen LogP contribution in [0.3, 0.4) is 0 Å². The lowest BCUT2D eigenvalue weighted by atomic mass is 9.65. The number of rotatable bonds is 3. The maximum absolute atomic E-state index is 13.5. The van der Waals surface area contributed by atoms with E-state index in [1.807, 2.05) is 0 Å². The highest BCUT2D eigenvalue weighted by Gasteiger charge is 2.52. The third kappa shape index (κ3) is 2.74. The molecule has 5 heteroatoms. The molecule has 4 nitrogen and oxygen atoms in total. The summed E-state index contributed by atoms with van der Waals surface area (Å²) >= 11 is 0. The second-order valence-electron chi connectivity index (χ2n) is 9.06. The van der Waals surface area contributed by atoms with Gasteiger partial charge in [0, 0.05) is 35.2 Å². The highest BCUT2D eigenvalue weighted by molar-refractivity contribution is 5.89. The zero-order valence-electron chi connectivity index (χ0n) is 15.0. The molecule has 0 spiro atoms. The van der Waals surface area contributed by atoms with Gasteiger partial charge in [-0.15, -0.1) is 0 Å². The van der Waals surface area contributed by atoms with Crippen LogP contribution in [0, 0.1) is 16.6 Å². The van der Waals surface area contributed by atoms with Crippen LogP contribution < -0.4 is 0 Å². The quantitative estimate of drug-likeness (QED) is 0.871. The Labute approximate surface area is 147 Å². The zero-order chi connectivity index (χ0) is 18.0. The standard InChI is InChI=1S/C20H25FN2O2/c1-19(2)7-13-8-20(3,10-19)11-23(13)17(18(24)25)15-9-22-16-6-12(21)4-5-14(15)16/h4-6,9,13,17,22H,7-8,10-11H2,1-3H3,(H,24,25)/t13-,17-,20-/m0/s1. The van der Waals surface area contributed by atoms with Gasteiger partial charge in [-0.25, -0.2) is 4.39 Å². The second kappa shape index (κ2) is 5.31. The lowest BCUT2D eigenvalue weighted by molar-refractivity contribution is -0.144. The monoisotopic (exact) mass is 344 g/mol. The number of nitrogens with zero attached hydrogens (tertiary/aromatic N) is 1. The third-order valence-corrected chi connectivity index (χ3v) is 5.99. The molecular weight excluding hydrogens is 319 g/mol. The van der Waals surface area contributed by atoms with Gasteiger partial charge in [-0.1, -0.05) is 20.8 Å². The van der Waals surface area contributed by atoms with Gasteiger partial charge in [-0.3, -0.25) is 9.69 Å². The zero-order valence-corrected chi connectivity index (χ0v) is 15.0. The highest BCUT2D eigenvalue weighted by atomic mass is 19.1. The van der Waals surface area contributed by atoms with Crippen molar-refractivity contribution in [2.45, 2.75) is 52.1 Å². The number of hydrogen-bond donors (Lipinski definition) is 2. The number of H-pyrrole nitrogens is 1. The SMILES string of the molecule is CC1(C)C[C@H]2C[C@](C)(CN2[C@H](C(=O)O)c2c[nH]c3cc(F)ccc23)C1. The van der Waals surface area contributed by atoms with Crippen molar-refractivity contribution in [1.82, 2.24) is 9.88 Å². The molecule has 1 aromatic heterocycles. The van der Waals surface area contributed by atoms with Gasteiger partial charge < -0.3 is 10.1 Å². The summed E-state index contributed by atoms with van der Waals surface area (Å²) in [7, 11) is 0. The summed E-state index contributed by atoms with van der Waals surface area (Å²) in [5.74, 6) is -1.15. The molecule has 2 N–H and O–H groups in total. The number of carboxylic acid groups (broad SMARTS) is 1. The van der Waals surface area contributed by atoms with Gasteiger partial charge in [-0.05, 0) is 48.3 Å². The van der Waals surface area contributed by atoms with Gasteiger partial charge in [0.2, 0.25) is 0 Å². The molecular formula is C20H25FN2O2. The minimum Gasteiger partial charge on any atom is -0.480 e. The molecule has 2 aliphatic rings. The molecule has 2 aromatic rings. The fourth-order valence-corrected chi connectivity index (χ4v) is 5.61. The maximum Gasteiger partial charge on any atom is 0.325 e. The predicted molar refractivity (Wildman–Crippen MR) is 94.9 cm³/mol. The maximum atomic E-state index is 13.5. The minimum absolute atomic E-state index is 0.165. The lowest BCUT2D eigenvalue weighted by Gasteiger charge is -2.40. The van der Waals surface area contributed by atoms with Crippen molar-refractivity contribution in [2.75, 3.05) is 6.54 Å². The summed E-state index contributed by atoms with van der Waals surface area (Å²) in [5, 5.41) is 10.8. The van der Waals surface area contributed by atoms with Crippen molar-refractivity contribution >= 4 is 16.9 Å². The van der Waals surface area contributed by atoms with Crippen LogP contribution in [0.2, 0.25) is 0 Å². The lowest BCUT2D eigenvalue weighted by Crippen LogP contribution is -2.39. The first-order valence-corrected chi connectivity index (χ1v) is 8.93. The van der Waals surface area contributed by atoms with Gasteiger partial charge in [0.15, 0.2) is 0 Å². The molecule has 2 fully saturated rings. The van der Waals surface area contributed by atoms with Crippen LogP contribution >= 0.6 is 0 Å². The molecule has 3 atom stereocenters.